The molecule has 0 aliphatic heterocycles. The van der Waals surface area contributed by atoms with Gasteiger partial charge in [0.1, 0.15) is 10.9 Å². The highest BCUT2D eigenvalue weighted by Gasteiger charge is 2.33. The van der Waals surface area contributed by atoms with Crippen LogP contribution in [0.4, 0.5) is 5.00 Å². The van der Waals surface area contributed by atoms with Crippen LogP contribution in [0.2, 0.25) is 0 Å². The second-order valence-electron chi connectivity index (χ2n) is 6.72. The Hall–Kier alpha value is -1.07. The summed E-state index contributed by atoms with van der Waals surface area (Å²) in [5.41, 5.74) is 1.73. The Morgan fingerprint density at radius 3 is 2.78 bits per heavy atom. The number of carbonyl (C=O) groups excluding carboxylic acids is 2. The van der Waals surface area contributed by atoms with Crippen molar-refractivity contribution >= 4 is 39.8 Å². The average Bonchev–Trinajstić information content (AvgIpc) is 2.83. The van der Waals surface area contributed by atoms with Gasteiger partial charge in [0.2, 0.25) is 5.91 Å². The number of nitrogens with one attached hydrogen (secondary N) is 1. The maximum absolute atomic E-state index is 12.6. The maximum Gasteiger partial charge on any atom is 0.341 e. The molecule has 6 heteroatoms. The van der Waals surface area contributed by atoms with E-state index < -0.39 is 0 Å². The van der Waals surface area contributed by atoms with Gasteiger partial charge in [-0.05, 0) is 36.7 Å². The van der Waals surface area contributed by atoms with Gasteiger partial charge >= 0.3 is 5.97 Å². The van der Waals surface area contributed by atoms with Gasteiger partial charge in [-0.25, -0.2) is 4.79 Å². The molecule has 128 valence electrons. The first kappa shape index (κ1) is 18.3. The number of unbranched alkanes of at least 4 members (excludes halogenated alkanes) is 1. The SMILES string of the molecule is CCCCOC(=O)c1c(NC(=O)CCl)sc2c1CC(C)(C)CC2. The van der Waals surface area contributed by atoms with Crippen molar-refractivity contribution in [1.29, 1.82) is 0 Å². The van der Waals surface area contributed by atoms with E-state index in [0.717, 1.165) is 37.7 Å². The van der Waals surface area contributed by atoms with E-state index >= 15 is 0 Å². The zero-order chi connectivity index (χ0) is 17.0. The third-order valence-electron chi connectivity index (χ3n) is 4.08. The minimum Gasteiger partial charge on any atom is -0.462 e. The molecule has 1 heterocycles. The van der Waals surface area contributed by atoms with Crippen molar-refractivity contribution in [3.05, 3.63) is 16.0 Å². The van der Waals surface area contributed by atoms with Crippen LogP contribution in [0.1, 0.15) is 60.8 Å². The highest BCUT2D eigenvalue weighted by atomic mass is 35.5. The van der Waals surface area contributed by atoms with Crippen LogP contribution in [0.3, 0.4) is 0 Å². The molecule has 0 spiro atoms. The Balaban J connectivity index is 2.33. The number of halogens is 1. The topological polar surface area (TPSA) is 55.4 Å². The number of hydrogen-bond acceptors (Lipinski definition) is 4. The first-order valence-corrected chi connectivity index (χ1v) is 9.40. The van der Waals surface area contributed by atoms with E-state index in [9.17, 15) is 9.59 Å². The molecule has 0 fully saturated rings. The first-order chi connectivity index (χ1) is 10.9. The van der Waals surface area contributed by atoms with Crippen molar-refractivity contribution < 1.29 is 14.3 Å². The number of esters is 1. The number of alkyl halides is 1. The van der Waals surface area contributed by atoms with Crippen LogP contribution in [0.15, 0.2) is 0 Å². The molecule has 4 nitrogen and oxygen atoms in total. The smallest absolute Gasteiger partial charge is 0.341 e. The number of aryl methyl sites for hydroxylation is 1. The predicted octanol–water partition coefficient (Wildman–Crippen LogP) is 4.40. The van der Waals surface area contributed by atoms with Crippen LogP contribution in [-0.2, 0) is 22.4 Å². The predicted molar refractivity (Wildman–Crippen MR) is 94.7 cm³/mol. The van der Waals surface area contributed by atoms with E-state index in [1.807, 2.05) is 0 Å². The summed E-state index contributed by atoms with van der Waals surface area (Å²) in [6.45, 7) is 6.87. The summed E-state index contributed by atoms with van der Waals surface area (Å²) < 4.78 is 5.40. The summed E-state index contributed by atoms with van der Waals surface area (Å²) in [5, 5.41) is 3.35. The molecule has 2 rings (SSSR count). The lowest BCUT2D eigenvalue weighted by atomic mass is 9.76. The van der Waals surface area contributed by atoms with Crippen LogP contribution < -0.4 is 5.32 Å². The van der Waals surface area contributed by atoms with E-state index in [2.05, 4.69) is 26.1 Å². The van der Waals surface area contributed by atoms with Crippen molar-refractivity contribution in [2.75, 3.05) is 17.8 Å². The molecular weight excluding hydrogens is 334 g/mol. The van der Waals surface area contributed by atoms with Crippen LogP contribution in [-0.4, -0.2) is 24.4 Å². The zero-order valence-corrected chi connectivity index (χ0v) is 15.5. The zero-order valence-electron chi connectivity index (χ0n) is 14.0. The number of amides is 1. The Morgan fingerprint density at radius 2 is 2.13 bits per heavy atom. The van der Waals surface area contributed by atoms with Gasteiger partial charge < -0.3 is 10.1 Å². The van der Waals surface area contributed by atoms with Crippen molar-refractivity contribution in [1.82, 2.24) is 0 Å². The molecule has 0 bridgehead atoms. The van der Waals surface area contributed by atoms with Crippen LogP contribution in [0.25, 0.3) is 0 Å². The Morgan fingerprint density at radius 1 is 1.39 bits per heavy atom. The van der Waals surface area contributed by atoms with Gasteiger partial charge in [0, 0.05) is 4.88 Å². The summed E-state index contributed by atoms with van der Waals surface area (Å²) in [6.07, 6.45) is 4.64. The molecule has 0 saturated carbocycles. The summed E-state index contributed by atoms with van der Waals surface area (Å²) in [4.78, 5) is 25.4. The Labute approximate surface area is 146 Å². The molecule has 0 atom stereocenters. The standard InChI is InChI=1S/C17H24ClNO3S/c1-4-5-8-22-16(21)14-11-9-17(2,3)7-6-12(11)23-15(14)19-13(20)10-18/h4-10H2,1-3H3,(H,19,20). The summed E-state index contributed by atoms with van der Waals surface area (Å²) in [7, 11) is 0. The highest BCUT2D eigenvalue weighted by Crippen LogP contribution is 2.44. The van der Waals surface area contributed by atoms with Gasteiger partial charge in [0.15, 0.2) is 0 Å². The lowest BCUT2D eigenvalue weighted by Gasteiger charge is -2.29. The van der Waals surface area contributed by atoms with Crippen LogP contribution in [0.5, 0.6) is 0 Å². The molecule has 1 aliphatic rings. The molecule has 23 heavy (non-hydrogen) atoms. The van der Waals surface area contributed by atoms with Gasteiger partial charge in [0.25, 0.3) is 0 Å². The van der Waals surface area contributed by atoms with Crippen molar-refractivity contribution in [2.24, 2.45) is 5.41 Å². The summed E-state index contributed by atoms with van der Waals surface area (Å²) in [5.74, 6) is -0.760. The fourth-order valence-corrected chi connectivity index (χ4v) is 4.05. The van der Waals surface area contributed by atoms with Crippen LogP contribution >= 0.6 is 22.9 Å². The molecule has 1 aromatic rings. The molecule has 1 amide bonds. The number of ether oxygens (including phenoxy) is 1. The van der Waals surface area contributed by atoms with E-state index in [-0.39, 0.29) is 23.2 Å². The number of carbonyl (C=O) groups is 2. The second kappa shape index (κ2) is 7.67. The third kappa shape index (κ3) is 4.48. The molecule has 0 radical (unpaired) electrons. The fourth-order valence-electron chi connectivity index (χ4n) is 2.77. The van der Waals surface area contributed by atoms with Crippen LogP contribution in [0, 0.1) is 5.41 Å². The molecule has 0 aromatic carbocycles. The maximum atomic E-state index is 12.6. The minimum atomic E-state index is -0.335. The normalized spacial score (nSPS) is 15.8. The number of hydrogen-bond donors (Lipinski definition) is 1. The van der Waals surface area contributed by atoms with Crippen molar-refractivity contribution in [3.8, 4) is 0 Å². The first-order valence-electron chi connectivity index (χ1n) is 8.05. The molecule has 1 aliphatic carbocycles. The number of thiophene rings is 1. The lowest BCUT2D eigenvalue weighted by molar-refractivity contribution is -0.113. The molecule has 0 unspecified atom stereocenters. The molecule has 0 saturated heterocycles. The van der Waals surface area contributed by atoms with Gasteiger partial charge in [-0.2, -0.15) is 0 Å². The largest absolute Gasteiger partial charge is 0.462 e. The van der Waals surface area contributed by atoms with E-state index in [1.54, 1.807) is 0 Å². The number of anilines is 1. The average molecular weight is 358 g/mol. The Bertz CT molecular complexity index is 595. The monoisotopic (exact) mass is 357 g/mol. The van der Waals surface area contributed by atoms with Crippen molar-refractivity contribution in [3.63, 3.8) is 0 Å². The quantitative estimate of drug-likeness (QED) is 0.466. The van der Waals surface area contributed by atoms with E-state index in [4.69, 9.17) is 16.3 Å². The Kier molecular flexibility index (Phi) is 6.09. The van der Waals surface area contributed by atoms with Crippen molar-refractivity contribution in [2.45, 2.75) is 52.9 Å². The highest BCUT2D eigenvalue weighted by molar-refractivity contribution is 7.17. The summed E-state index contributed by atoms with van der Waals surface area (Å²) in [6, 6.07) is 0. The van der Waals surface area contributed by atoms with E-state index in [1.165, 1.54) is 16.2 Å². The number of fused-ring (bicyclic) bond motifs is 1. The number of rotatable bonds is 6. The van der Waals surface area contributed by atoms with E-state index in [0.29, 0.717) is 17.2 Å². The van der Waals surface area contributed by atoms with Gasteiger partial charge in [-0.15, -0.1) is 22.9 Å². The van der Waals surface area contributed by atoms with Gasteiger partial charge in [-0.3, -0.25) is 4.79 Å². The lowest BCUT2D eigenvalue weighted by Crippen LogP contribution is -2.23. The fraction of sp³-hybridized carbons (Fsp3) is 0.647. The van der Waals surface area contributed by atoms with Gasteiger partial charge in [-0.1, -0.05) is 27.2 Å². The third-order valence-corrected chi connectivity index (χ3v) is 5.53. The molecular formula is C17H24ClNO3S. The minimum absolute atomic E-state index is 0.127. The second-order valence-corrected chi connectivity index (χ2v) is 8.09. The summed E-state index contributed by atoms with van der Waals surface area (Å²) >= 11 is 7.07. The van der Waals surface area contributed by atoms with Gasteiger partial charge in [0.05, 0.1) is 12.2 Å². The molecule has 1 N–H and O–H groups in total. The molecule has 1 aromatic heterocycles.